The van der Waals surface area contributed by atoms with Crippen molar-refractivity contribution in [3.05, 3.63) is 45.6 Å². The van der Waals surface area contributed by atoms with Gasteiger partial charge in [0.1, 0.15) is 5.69 Å². The molecule has 1 amide bonds. The van der Waals surface area contributed by atoms with Crippen LogP contribution in [0.3, 0.4) is 0 Å². The van der Waals surface area contributed by atoms with Gasteiger partial charge in [0, 0.05) is 13.0 Å². The Morgan fingerprint density at radius 1 is 1.55 bits per heavy atom. The molecular formula is C11H11N5O4. The first-order chi connectivity index (χ1) is 9.49. The Hall–Kier alpha value is -2.97. The predicted molar refractivity (Wildman–Crippen MR) is 67.7 cm³/mol. The topological polar surface area (TPSA) is 137 Å². The van der Waals surface area contributed by atoms with E-state index in [4.69, 9.17) is 10.3 Å². The molecule has 20 heavy (non-hydrogen) atoms. The number of nitrogens with zero attached hydrogens (tertiary/aromatic N) is 3. The van der Waals surface area contributed by atoms with Crippen LogP contribution in [0.2, 0.25) is 0 Å². The summed E-state index contributed by atoms with van der Waals surface area (Å²) >= 11 is 0. The molecule has 0 unspecified atom stereocenters. The third kappa shape index (κ3) is 2.71. The fourth-order valence-electron chi connectivity index (χ4n) is 1.58. The Morgan fingerprint density at radius 2 is 2.30 bits per heavy atom. The predicted octanol–water partition coefficient (Wildman–Crippen LogP) is 0.798. The van der Waals surface area contributed by atoms with Crippen molar-refractivity contribution in [2.24, 2.45) is 0 Å². The van der Waals surface area contributed by atoms with Crippen LogP contribution in [0.25, 0.3) is 0 Å². The number of aryl methyl sites for hydroxylation is 1. The Bertz CT molecular complexity index is 667. The van der Waals surface area contributed by atoms with Gasteiger partial charge in [-0.1, -0.05) is 11.2 Å². The quantitative estimate of drug-likeness (QED) is 0.478. The second-order valence-electron chi connectivity index (χ2n) is 3.91. The molecule has 0 fully saturated rings. The maximum absolute atomic E-state index is 11.9. The minimum atomic E-state index is -0.644. The molecule has 2 rings (SSSR count). The van der Waals surface area contributed by atoms with Crippen molar-refractivity contribution in [1.29, 1.82) is 0 Å². The molecule has 0 spiro atoms. The summed E-state index contributed by atoms with van der Waals surface area (Å²) in [4.78, 5) is 25.9. The van der Waals surface area contributed by atoms with Crippen LogP contribution >= 0.6 is 0 Å². The third-order valence-corrected chi connectivity index (χ3v) is 2.50. The molecule has 0 aliphatic heterocycles. The average molecular weight is 277 g/mol. The number of amides is 1. The number of benzene rings is 1. The van der Waals surface area contributed by atoms with Crippen molar-refractivity contribution in [3.8, 4) is 0 Å². The minimum Gasteiger partial charge on any atom is -0.393 e. The molecule has 0 atom stereocenters. The lowest BCUT2D eigenvalue weighted by atomic mass is 10.1. The summed E-state index contributed by atoms with van der Waals surface area (Å²) in [6.07, 6.45) is 0. The molecule has 104 valence electrons. The van der Waals surface area contributed by atoms with E-state index in [2.05, 4.69) is 15.5 Å². The largest absolute Gasteiger partial charge is 0.393 e. The average Bonchev–Trinajstić information content (AvgIpc) is 2.81. The summed E-state index contributed by atoms with van der Waals surface area (Å²) in [6, 6.07) is 4.02. The van der Waals surface area contributed by atoms with E-state index in [1.807, 2.05) is 0 Å². The van der Waals surface area contributed by atoms with Crippen LogP contribution < -0.4 is 11.1 Å². The second kappa shape index (κ2) is 5.34. The van der Waals surface area contributed by atoms with E-state index in [0.29, 0.717) is 11.7 Å². The lowest BCUT2D eigenvalue weighted by Crippen LogP contribution is -2.24. The van der Waals surface area contributed by atoms with Gasteiger partial charge in [0.15, 0.2) is 5.82 Å². The highest BCUT2D eigenvalue weighted by molar-refractivity contribution is 6.00. The van der Waals surface area contributed by atoms with Gasteiger partial charge < -0.3 is 15.6 Å². The van der Waals surface area contributed by atoms with Crippen LogP contribution in [-0.2, 0) is 6.54 Å². The van der Waals surface area contributed by atoms with Gasteiger partial charge in [-0.15, -0.1) is 0 Å². The van der Waals surface area contributed by atoms with Crippen molar-refractivity contribution in [2.75, 3.05) is 5.73 Å². The van der Waals surface area contributed by atoms with Gasteiger partial charge >= 0.3 is 0 Å². The van der Waals surface area contributed by atoms with Gasteiger partial charge in [-0.3, -0.25) is 14.9 Å². The smallest absolute Gasteiger partial charge is 0.292 e. The normalized spacial score (nSPS) is 10.2. The number of carbonyl (C=O) groups excluding carboxylic acids is 1. The van der Waals surface area contributed by atoms with E-state index in [1.54, 1.807) is 6.92 Å². The molecule has 0 aliphatic rings. The van der Waals surface area contributed by atoms with Crippen molar-refractivity contribution in [1.82, 2.24) is 15.5 Å². The monoisotopic (exact) mass is 277 g/mol. The summed E-state index contributed by atoms with van der Waals surface area (Å²) in [6.45, 7) is 1.66. The molecule has 1 aromatic heterocycles. The zero-order valence-electron chi connectivity index (χ0n) is 10.5. The van der Waals surface area contributed by atoms with Gasteiger partial charge in [-0.25, -0.2) is 0 Å². The number of nitrogens with one attached hydrogen (secondary N) is 1. The lowest BCUT2D eigenvalue weighted by molar-refractivity contribution is -0.383. The first-order valence-electron chi connectivity index (χ1n) is 5.59. The first-order valence-corrected chi connectivity index (χ1v) is 5.59. The van der Waals surface area contributed by atoms with Gasteiger partial charge in [-0.2, -0.15) is 4.98 Å². The van der Waals surface area contributed by atoms with Crippen molar-refractivity contribution in [3.63, 3.8) is 0 Å². The summed E-state index contributed by atoms with van der Waals surface area (Å²) < 4.78 is 4.75. The molecule has 9 nitrogen and oxygen atoms in total. The van der Waals surface area contributed by atoms with E-state index in [9.17, 15) is 14.9 Å². The number of rotatable bonds is 4. The van der Waals surface area contributed by atoms with E-state index < -0.39 is 10.8 Å². The van der Waals surface area contributed by atoms with Gasteiger partial charge in [-0.05, 0) is 6.07 Å². The van der Waals surface area contributed by atoms with Crippen molar-refractivity contribution < 1.29 is 14.2 Å². The molecule has 1 aromatic carbocycles. The van der Waals surface area contributed by atoms with Gasteiger partial charge in [0.2, 0.25) is 5.89 Å². The number of nitrogen functional groups attached to an aromatic ring is 1. The zero-order chi connectivity index (χ0) is 14.7. The molecular weight excluding hydrogens is 266 g/mol. The van der Waals surface area contributed by atoms with Crippen LogP contribution in [0.5, 0.6) is 0 Å². The highest BCUT2D eigenvalue weighted by atomic mass is 16.6. The minimum absolute atomic E-state index is 0.0272. The molecule has 0 aliphatic carbocycles. The van der Waals surface area contributed by atoms with Crippen LogP contribution in [0.4, 0.5) is 11.4 Å². The molecule has 9 heteroatoms. The highest BCUT2D eigenvalue weighted by Crippen LogP contribution is 2.24. The summed E-state index contributed by atoms with van der Waals surface area (Å²) in [5.41, 5.74) is 5.14. The number of hydrogen-bond donors (Lipinski definition) is 2. The van der Waals surface area contributed by atoms with E-state index in [0.717, 1.165) is 0 Å². The Labute approximate surface area is 112 Å². The standard InChI is InChI=1S/C11H11N5O4/c1-6-14-9(15-20-6)5-13-11(17)7-3-2-4-8(10(7)12)16(18)19/h2-4H,5,12H2,1H3,(H,13,17). The van der Waals surface area contributed by atoms with Gasteiger partial charge in [0.05, 0.1) is 17.0 Å². The summed E-state index contributed by atoms with van der Waals surface area (Å²) in [5, 5.41) is 16.9. The lowest BCUT2D eigenvalue weighted by Gasteiger charge is -2.05. The van der Waals surface area contributed by atoms with E-state index in [-0.39, 0.29) is 23.5 Å². The van der Waals surface area contributed by atoms with E-state index in [1.165, 1.54) is 18.2 Å². The van der Waals surface area contributed by atoms with E-state index >= 15 is 0 Å². The first kappa shape index (κ1) is 13.5. The third-order valence-electron chi connectivity index (χ3n) is 2.50. The van der Waals surface area contributed by atoms with Gasteiger partial charge in [0.25, 0.3) is 11.6 Å². The molecule has 0 saturated heterocycles. The zero-order valence-corrected chi connectivity index (χ0v) is 10.5. The summed E-state index contributed by atoms with van der Waals surface area (Å²) in [5.74, 6) is 0.137. The number of aromatic nitrogens is 2. The number of hydrogen-bond acceptors (Lipinski definition) is 7. The maximum atomic E-state index is 11.9. The number of nitrogens with two attached hydrogens (primary N) is 1. The molecule has 2 aromatic rings. The maximum Gasteiger partial charge on any atom is 0.292 e. The van der Waals surface area contributed by atoms with Crippen molar-refractivity contribution >= 4 is 17.3 Å². The van der Waals surface area contributed by atoms with Crippen LogP contribution in [0.1, 0.15) is 22.1 Å². The number of anilines is 1. The molecule has 3 N–H and O–H groups in total. The number of carbonyl (C=O) groups is 1. The Morgan fingerprint density at radius 3 is 2.90 bits per heavy atom. The van der Waals surface area contributed by atoms with Crippen molar-refractivity contribution in [2.45, 2.75) is 13.5 Å². The highest BCUT2D eigenvalue weighted by Gasteiger charge is 2.19. The SMILES string of the molecule is Cc1nc(CNC(=O)c2cccc([N+](=O)[O-])c2N)no1. The summed E-state index contributed by atoms with van der Waals surface area (Å²) in [7, 11) is 0. The van der Waals surface area contributed by atoms with Crippen LogP contribution in [0, 0.1) is 17.0 Å². The second-order valence-corrected chi connectivity index (χ2v) is 3.91. The van der Waals surface area contributed by atoms with Crippen LogP contribution in [0.15, 0.2) is 22.7 Å². The fraction of sp³-hybridized carbons (Fsp3) is 0.182. The molecule has 0 bridgehead atoms. The fourth-order valence-corrected chi connectivity index (χ4v) is 1.58. The molecule has 0 saturated carbocycles. The molecule has 0 radical (unpaired) electrons. The number of nitro benzene ring substituents is 1. The van der Waals surface area contributed by atoms with Crippen LogP contribution in [-0.4, -0.2) is 21.0 Å². The Balaban J connectivity index is 2.13. The number of para-hydroxylation sites is 1. The Kier molecular flexibility index (Phi) is 3.60. The number of nitro groups is 1. The molecule has 1 heterocycles.